The van der Waals surface area contributed by atoms with Crippen molar-refractivity contribution in [3.8, 4) is 22.4 Å². The maximum absolute atomic E-state index is 4.75. The van der Waals surface area contributed by atoms with Gasteiger partial charge in [0.15, 0.2) is 0 Å². The summed E-state index contributed by atoms with van der Waals surface area (Å²) in [6, 6.07) is 41.9. The molecule has 0 amide bonds. The summed E-state index contributed by atoms with van der Waals surface area (Å²) in [6.07, 6.45) is 1.88. The van der Waals surface area contributed by atoms with Gasteiger partial charge >= 0.3 is 0 Å². The summed E-state index contributed by atoms with van der Waals surface area (Å²) >= 11 is 1.87. The van der Waals surface area contributed by atoms with Gasteiger partial charge in [-0.05, 0) is 76.9 Å². The number of anilines is 5. The first-order valence-electron chi connectivity index (χ1n) is 14.0. The van der Waals surface area contributed by atoms with Crippen molar-refractivity contribution in [1.29, 1.82) is 0 Å². The molecule has 9 rings (SSSR count). The quantitative estimate of drug-likeness (QED) is 0.229. The van der Waals surface area contributed by atoms with Crippen molar-refractivity contribution in [1.82, 2.24) is 4.98 Å². The lowest BCUT2D eigenvalue weighted by Gasteiger charge is -2.44. The number of pyridine rings is 1. The average molecular weight is 541 g/mol. The van der Waals surface area contributed by atoms with E-state index in [0.29, 0.717) is 0 Å². The van der Waals surface area contributed by atoms with Gasteiger partial charge in [-0.3, -0.25) is 4.98 Å². The standard InChI is InChI=1S/C36H24BN3S/c1-22-10-2-3-11-24(22)25-12-8-13-26-35(25)39-29-20-23(28-15-6-7-19-38-28)21-31-34(29)37(26)27-14-9-18-33-36(27)40(31)30-16-4-5-17-32(30)41-33/h2-21,39H,1H3. The zero-order valence-corrected chi connectivity index (χ0v) is 23.2. The molecule has 3 nitrogen and oxygen atoms in total. The van der Waals surface area contributed by atoms with Crippen molar-refractivity contribution < 1.29 is 0 Å². The van der Waals surface area contributed by atoms with Crippen LogP contribution < -0.4 is 26.6 Å². The number of hydrogen-bond donors (Lipinski definition) is 1. The largest absolute Gasteiger partial charge is 0.356 e. The molecule has 41 heavy (non-hydrogen) atoms. The second-order valence-corrected chi connectivity index (χ2v) is 12.0. The number of para-hydroxylation sites is 3. The first kappa shape index (κ1) is 23.0. The minimum absolute atomic E-state index is 0.120. The van der Waals surface area contributed by atoms with Crippen LogP contribution in [0.15, 0.2) is 131 Å². The van der Waals surface area contributed by atoms with E-state index in [2.05, 4.69) is 126 Å². The van der Waals surface area contributed by atoms with E-state index < -0.39 is 0 Å². The highest BCUT2D eigenvalue weighted by atomic mass is 32.2. The summed E-state index contributed by atoms with van der Waals surface area (Å²) in [5, 5.41) is 3.96. The molecule has 0 atom stereocenters. The fraction of sp³-hybridized carbons (Fsp3) is 0.0278. The lowest BCUT2D eigenvalue weighted by molar-refractivity contribution is 1.17. The molecule has 3 aliphatic heterocycles. The molecular formula is C36H24BN3S. The van der Waals surface area contributed by atoms with Gasteiger partial charge in [0, 0.05) is 44.2 Å². The average Bonchev–Trinajstić information content (AvgIpc) is 3.02. The van der Waals surface area contributed by atoms with Crippen LogP contribution in [-0.4, -0.2) is 11.7 Å². The van der Waals surface area contributed by atoms with E-state index in [1.54, 1.807) is 0 Å². The van der Waals surface area contributed by atoms with Crippen LogP contribution in [0.3, 0.4) is 0 Å². The third kappa shape index (κ3) is 3.27. The Hall–Kier alpha value is -4.74. The molecular weight excluding hydrogens is 517 g/mol. The fourth-order valence-electron chi connectivity index (χ4n) is 6.89. The van der Waals surface area contributed by atoms with Crippen molar-refractivity contribution in [3.63, 3.8) is 0 Å². The van der Waals surface area contributed by atoms with Crippen molar-refractivity contribution in [2.24, 2.45) is 0 Å². The highest BCUT2D eigenvalue weighted by molar-refractivity contribution is 7.99. The van der Waals surface area contributed by atoms with E-state index in [4.69, 9.17) is 4.98 Å². The highest BCUT2D eigenvalue weighted by Gasteiger charge is 2.44. The van der Waals surface area contributed by atoms with Crippen LogP contribution in [0.4, 0.5) is 28.4 Å². The number of benzene rings is 5. The van der Waals surface area contributed by atoms with E-state index in [1.165, 1.54) is 65.6 Å². The normalized spacial score (nSPS) is 13.5. The monoisotopic (exact) mass is 541 g/mol. The van der Waals surface area contributed by atoms with Crippen molar-refractivity contribution in [2.75, 3.05) is 10.2 Å². The van der Waals surface area contributed by atoms with Gasteiger partial charge in [-0.1, -0.05) is 84.6 Å². The number of aromatic nitrogens is 1. The summed E-state index contributed by atoms with van der Waals surface area (Å²) < 4.78 is 0. The number of fused-ring (bicyclic) bond motifs is 6. The zero-order valence-electron chi connectivity index (χ0n) is 22.4. The van der Waals surface area contributed by atoms with Gasteiger partial charge in [-0.25, -0.2) is 0 Å². The maximum Gasteiger partial charge on any atom is 0.252 e. The van der Waals surface area contributed by atoms with Gasteiger partial charge in [-0.15, -0.1) is 0 Å². The summed E-state index contributed by atoms with van der Waals surface area (Å²) in [5.74, 6) is 0. The van der Waals surface area contributed by atoms with Gasteiger partial charge in [0.1, 0.15) is 0 Å². The molecule has 0 spiro atoms. The second kappa shape index (κ2) is 8.63. The molecule has 4 heterocycles. The Morgan fingerprint density at radius 1 is 0.707 bits per heavy atom. The molecule has 5 aromatic carbocycles. The van der Waals surface area contributed by atoms with E-state index >= 15 is 0 Å². The zero-order chi connectivity index (χ0) is 27.1. The fourth-order valence-corrected chi connectivity index (χ4v) is 7.99. The SMILES string of the molecule is Cc1ccccc1-c1cccc2c1Nc1cc(-c3ccccn3)cc3c1B2c1cccc2c1N3c1ccccc1S2. The molecule has 0 bridgehead atoms. The molecule has 0 saturated heterocycles. The van der Waals surface area contributed by atoms with E-state index in [1.807, 2.05) is 24.0 Å². The van der Waals surface area contributed by atoms with Gasteiger partial charge in [-0.2, -0.15) is 0 Å². The lowest BCUT2D eigenvalue weighted by atomic mass is 9.33. The number of hydrogen-bond acceptors (Lipinski definition) is 4. The van der Waals surface area contributed by atoms with E-state index in [9.17, 15) is 0 Å². The molecule has 1 aromatic heterocycles. The van der Waals surface area contributed by atoms with Gasteiger partial charge < -0.3 is 10.2 Å². The first-order valence-corrected chi connectivity index (χ1v) is 14.8. The first-order chi connectivity index (χ1) is 20.3. The third-order valence-corrected chi connectivity index (χ3v) is 9.76. The molecule has 0 saturated carbocycles. The lowest BCUT2D eigenvalue weighted by Crippen LogP contribution is -2.60. The molecule has 6 aromatic rings. The van der Waals surface area contributed by atoms with Crippen LogP contribution in [0.25, 0.3) is 22.4 Å². The second-order valence-electron chi connectivity index (χ2n) is 10.9. The minimum Gasteiger partial charge on any atom is -0.356 e. The van der Waals surface area contributed by atoms with Crippen LogP contribution in [0.2, 0.25) is 0 Å². The molecule has 0 aliphatic carbocycles. The number of nitrogens with one attached hydrogen (secondary N) is 1. The Kier molecular flexibility index (Phi) is 4.84. The van der Waals surface area contributed by atoms with Gasteiger partial charge in [0.05, 0.1) is 17.1 Å². The third-order valence-electron chi connectivity index (χ3n) is 8.64. The van der Waals surface area contributed by atoms with Crippen LogP contribution >= 0.6 is 11.8 Å². The number of nitrogens with zero attached hydrogens (tertiary/aromatic N) is 2. The Bertz CT molecular complexity index is 2040. The number of rotatable bonds is 2. The molecule has 5 heteroatoms. The van der Waals surface area contributed by atoms with Crippen LogP contribution in [0, 0.1) is 6.92 Å². The number of aryl methyl sites for hydroxylation is 1. The van der Waals surface area contributed by atoms with Crippen molar-refractivity contribution in [3.05, 3.63) is 127 Å². The van der Waals surface area contributed by atoms with Crippen LogP contribution in [0.5, 0.6) is 0 Å². The molecule has 3 aliphatic rings. The van der Waals surface area contributed by atoms with E-state index in [0.717, 1.165) is 16.9 Å². The maximum atomic E-state index is 4.75. The van der Waals surface area contributed by atoms with Gasteiger partial charge in [0.25, 0.3) is 6.71 Å². The van der Waals surface area contributed by atoms with Crippen molar-refractivity contribution >= 4 is 63.3 Å². The molecule has 0 fully saturated rings. The Labute approximate surface area is 244 Å². The smallest absolute Gasteiger partial charge is 0.252 e. The molecule has 0 unspecified atom stereocenters. The summed E-state index contributed by atoms with van der Waals surface area (Å²) in [7, 11) is 0. The summed E-state index contributed by atoms with van der Waals surface area (Å²) in [5.41, 5.74) is 16.0. The highest BCUT2D eigenvalue weighted by Crippen LogP contribution is 2.53. The predicted octanol–water partition coefficient (Wildman–Crippen LogP) is 7.55. The Balaban J connectivity index is 1.38. The predicted molar refractivity (Wildman–Crippen MR) is 173 cm³/mol. The van der Waals surface area contributed by atoms with Crippen LogP contribution in [-0.2, 0) is 0 Å². The summed E-state index contributed by atoms with van der Waals surface area (Å²) in [4.78, 5) is 9.82. The van der Waals surface area contributed by atoms with Crippen molar-refractivity contribution in [2.45, 2.75) is 16.7 Å². The topological polar surface area (TPSA) is 28.2 Å². The van der Waals surface area contributed by atoms with Gasteiger partial charge in [0.2, 0.25) is 0 Å². The summed E-state index contributed by atoms with van der Waals surface area (Å²) in [6.45, 7) is 2.32. The molecule has 0 radical (unpaired) electrons. The van der Waals surface area contributed by atoms with Crippen LogP contribution in [0.1, 0.15) is 5.56 Å². The molecule has 192 valence electrons. The van der Waals surface area contributed by atoms with E-state index in [-0.39, 0.29) is 6.71 Å². The molecule has 1 N–H and O–H groups in total. The minimum atomic E-state index is 0.120. The Morgan fingerprint density at radius 2 is 1.49 bits per heavy atom. The Morgan fingerprint density at radius 3 is 2.39 bits per heavy atom.